The molecule has 0 heterocycles. The van der Waals surface area contributed by atoms with E-state index >= 15 is 0 Å². The predicted molar refractivity (Wildman–Crippen MR) is 75.3 cm³/mol. The van der Waals surface area contributed by atoms with E-state index in [1.54, 1.807) is 0 Å². The molecule has 20 heavy (non-hydrogen) atoms. The molecule has 2 N–H and O–H groups in total. The minimum Gasteiger partial charge on any atom is -0.507 e. The molecule has 1 aromatic carbocycles. The van der Waals surface area contributed by atoms with Crippen molar-refractivity contribution in [2.24, 2.45) is 0 Å². The summed E-state index contributed by atoms with van der Waals surface area (Å²) in [5, 5.41) is 18.7. The Kier molecular flexibility index (Phi) is 6.61. The molecular formula is C15H22FNO3. The van der Waals surface area contributed by atoms with Crippen molar-refractivity contribution in [1.29, 1.82) is 0 Å². The Morgan fingerprint density at radius 3 is 2.60 bits per heavy atom. The van der Waals surface area contributed by atoms with Crippen molar-refractivity contribution < 1.29 is 19.4 Å². The number of hydrogen-bond donors (Lipinski definition) is 2. The maximum absolute atomic E-state index is 13.5. The molecule has 5 heteroatoms. The lowest BCUT2D eigenvalue weighted by molar-refractivity contribution is 0.101. The second-order valence-corrected chi connectivity index (χ2v) is 5.04. The van der Waals surface area contributed by atoms with E-state index in [1.807, 2.05) is 11.9 Å². The second kappa shape index (κ2) is 7.97. The molecule has 4 nitrogen and oxygen atoms in total. The molecule has 0 spiro atoms. The van der Waals surface area contributed by atoms with E-state index in [-0.39, 0.29) is 23.7 Å². The topological polar surface area (TPSA) is 60.8 Å². The number of aliphatic hydroxyl groups is 1. The standard InChI is InChI=1S/C15H22FNO3/c1-11(19)14-9-13(16)8-12(15(14)20)10-17(2)6-4-3-5-7-18/h8-9,18,20H,3-7,10H2,1-2H3. The molecule has 0 aromatic heterocycles. The van der Waals surface area contributed by atoms with Crippen molar-refractivity contribution in [3.05, 3.63) is 29.1 Å². The lowest BCUT2D eigenvalue weighted by Crippen LogP contribution is -2.19. The van der Waals surface area contributed by atoms with Crippen LogP contribution in [-0.4, -0.2) is 41.1 Å². The van der Waals surface area contributed by atoms with Gasteiger partial charge in [0.2, 0.25) is 0 Å². The smallest absolute Gasteiger partial charge is 0.163 e. The fraction of sp³-hybridized carbons (Fsp3) is 0.533. The SMILES string of the molecule is CC(=O)c1cc(F)cc(CN(C)CCCCCO)c1O. The van der Waals surface area contributed by atoms with Gasteiger partial charge in [-0.2, -0.15) is 0 Å². The Hall–Kier alpha value is -1.46. The Labute approximate surface area is 118 Å². The Bertz CT molecular complexity index is 463. The summed E-state index contributed by atoms with van der Waals surface area (Å²) in [6, 6.07) is 2.31. The van der Waals surface area contributed by atoms with E-state index in [9.17, 15) is 14.3 Å². The van der Waals surface area contributed by atoms with Crippen LogP contribution < -0.4 is 0 Å². The van der Waals surface area contributed by atoms with Crippen LogP contribution in [0.5, 0.6) is 5.75 Å². The molecule has 0 fully saturated rings. The number of phenolic OH excluding ortho intramolecular Hbond substituents is 1. The van der Waals surface area contributed by atoms with E-state index in [1.165, 1.54) is 13.0 Å². The number of Topliss-reactive ketones (excluding diaryl/α,β-unsaturated/α-hetero) is 1. The predicted octanol–water partition coefficient (Wildman–Crippen LogP) is 2.33. The number of aromatic hydroxyl groups is 1. The molecule has 0 unspecified atom stereocenters. The minimum absolute atomic E-state index is 0.0219. The molecule has 0 saturated carbocycles. The molecule has 1 rings (SSSR count). The van der Waals surface area contributed by atoms with Gasteiger partial charge >= 0.3 is 0 Å². The average molecular weight is 283 g/mol. The van der Waals surface area contributed by atoms with Gasteiger partial charge in [-0.25, -0.2) is 4.39 Å². The van der Waals surface area contributed by atoms with Crippen LogP contribution in [0.2, 0.25) is 0 Å². The summed E-state index contributed by atoms with van der Waals surface area (Å²) in [5.41, 5.74) is 0.438. The van der Waals surface area contributed by atoms with Crippen LogP contribution in [0.15, 0.2) is 12.1 Å². The molecular weight excluding hydrogens is 261 g/mol. The molecule has 0 amide bonds. The number of carbonyl (C=O) groups excluding carboxylic acids is 1. The number of ketones is 1. The number of nitrogens with zero attached hydrogens (tertiary/aromatic N) is 1. The average Bonchev–Trinajstić information content (AvgIpc) is 2.38. The maximum atomic E-state index is 13.5. The van der Waals surface area contributed by atoms with Crippen molar-refractivity contribution in [2.75, 3.05) is 20.2 Å². The van der Waals surface area contributed by atoms with Crippen molar-refractivity contribution in [2.45, 2.75) is 32.7 Å². The van der Waals surface area contributed by atoms with Crippen LogP contribution in [0.3, 0.4) is 0 Å². The first-order valence-electron chi connectivity index (χ1n) is 6.77. The first kappa shape index (κ1) is 16.6. The van der Waals surface area contributed by atoms with Gasteiger partial charge in [-0.15, -0.1) is 0 Å². The van der Waals surface area contributed by atoms with E-state index in [2.05, 4.69) is 0 Å². The summed E-state index contributed by atoms with van der Waals surface area (Å²) in [5.74, 6) is -1.01. The highest BCUT2D eigenvalue weighted by atomic mass is 19.1. The molecule has 0 atom stereocenters. The van der Waals surface area contributed by atoms with Crippen LogP contribution in [0, 0.1) is 5.82 Å². The van der Waals surface area contributed by atoms with Crippen LogP contribution in [-0.2, 0) is 6.54 Å². The Balaban J connectivity index is 2.69. The van der Waals surface area contributed by atoms with Gasteiger partial charge in [-0.1, -0.05) is 0 Å². The highest BCUT2D eigenvalue weighted by Gasteiger charge is 2.14. The summed E-state index contributed by atoms with van der Waals surface area (Å²) in [4.78, 5) is 13.3. The number of hydrogen-bond acceptors (Lipinski definition) is 4. The number of halogens is 1. The number of aliphatic hydroxyl groups excluding tert-OH is 1. The first-order valence-corrected chi connectivity index (χ1v) is 6.77. The fourth-order valence-corrected chi connectivity index (χ4v) is 2.08. The molecule has 0 bridgehead atoms. The third kappa shape index (κ3) is 4.90. The van der Waals surface area contributed by atoms with E-state index in [0.717, 1.165) is 31.9 Å². The van der Waals surface area contributed by atoms with Gasteiger partial charge in [-0.05, 0) is 51.9 Å². The molecule has 0 aliphatic carbocycles. The van der Waals surface area contributed by atoms with E-state index in [0.29, 0.717) is 12.1 Å². The summed E-state index contributed by atoms with van der Waals surface area (Å²) >= 11 is 0. The van der Waals surface area contributed by atoms with Crippen LogP contribution >= 0.6 is 0 Å². The zero-order chi connectivity index (χ0) is 15.1. The van der Waals surface area contributed by atoms with E-state index < -0.39 is 5.82 Å². The number of rotatable bonds is 8. The minimum atomic E-state index is -0.517. The number of benzene rings is 1. The van der Waals surface area contributed by atoms with Gasteiger partial charge in [0.1, 0.15) is 11.6 Å². The van der Waals surface area contributed by atoms with Crippen LogP contribution in [0.4, 0.5) is 4.39 Å². The van der Waals surface area contributed by atoms with Gasteiger partial charge in [0.15, 0.2) is 5.78 Å². The zero-order valence-corrected chi connectivity index (χ0v) is 12.0. The highest BCUT2D eigenvalue weighted by Crippen LogP contribution is 2.25. The van der Waals surface area contributed by atoms with Crippen molar-refractivity contribution >= 4 is 5.78 Å². The quantitative estimate of drug-likeness (QED) is 0.568. The highest BCUT2D eigenvalue weighted by molar-refractivity contribution is 5.97. The van der Waals surface area contributed by atoms with Crippen molar-refractivity contribution in [3.8, 4) is 5.75 Å². The third-order valence-electron chi connectivity index (χ3n) is 3.17. The Morgan fingerprint density at radius 2 is 2.00 bits per heavy atom. The zero-order valence-electron chi connectivity index (χ0n) is 12.0. The molecule has 112 valence electrons. The molecule has 0 radical (unpaired) electrons. The van der Waals surface area contributed by atoms with Gasteiger partial charge in [0.05, 0.1) is 5.56 Å². The number of unbranched alkanes of at least 4 members (excludes halogenated alkanes) is 2. The summed E-state index contributed by atoms with van der Waals surface area (Å²) in [6.45, 7) is 2.65. The molecule has 1 aromatic rings. The lowest BCUT2D eigenvalue weighted by Gasteiger charge is -2.18. The normalized spacial score (nSPS) is 11.1. The number of phenols is 1. The summed E-state index contributed by atoms with van der Waals surface area (Å²) < 4.78 is 13.5. The molecule has 0 aliphatic rings. The van der Waals surface area contributed by atoms with Gasteiger partial charge in [0.25, 0.3) is 0 Å². The number of carbonyl (C=O) groups is 1. The first-order chi connectivity index (χ1) is 9.45. The second-order valence-electron chi connectivity index (χ2n) is 5.04. The van der Waals surface area contributed by atoms with Gasteiger partial charge in [0, 0.05) is 18.7 Å². The largest absolute Gasteiger partial charge is 0.507 e. The lowest BCUT2D eigenvalue weighted by atomic mass is 10.0. The van der Waals surface area contributed by atoms with E-state index in [4.69, 9.17) is 5.11 Å². The van der Waals surface area contributed by atoms with Crippen molar-refractivity contribution in [1.82, 2.24) is 4.90 Å². The molecule has 0 aliphatic heterocycles. The van der Waals surface area contributed by atoms with Gasteiger partial charge < -0.3 is 15.1 Å². The van der Waals surface area contributed by atoms with Crippen molar-refractivity contribution in [3.63, 3.8) is 0 Å². The molecule has 0 saturated heterocycles. The van der Waals surface area contributed by atoms with Gasteiger partial charge in [-0.3, -0.25) is 4.79 Å². The monoisotopic (exact) mass is 283 g/mol. The summed E-state index contributed by atoms with van der Waals surface area (Å²) in [6.07, 6.45) is 2.62. The fourth-order valence-electron chi connectivity index (χ4n) is 2.08. The van der Waals surface area contributed by atoms with Crippen LogP contribution in [0.25, 0.3) is 0 Å². The summed E-state index contributed by atoms with van der Waals surface area (Å²) in [7, 11) is 1.87. The maximum Gasteiger partial charge on any atom is 0.163 e. The Morgan fingerprint density at radius 1 is 1.30 bits per heavy atom. The van der Waals surface area contributed by atoms with Crippen LogP contribution in [0.1, 0.15) is 42.1 Å². The third-order valence-corrected chi connectivity index (χ3v) is 3.17.